The summed E-state index contributed by atoms with van der Waals surface area (Å²) in [5.41, 5.74) is 3.49. The second-order valence-corrected chi connectivity index (χ2v) is 6.62. The quantitative estimate of drug-likeness (QED) is 0.772. The molecule has 1 heterocycles. The second kappa shape index (κ2) is 7.80. The summed E-state index contributed by atoms with van der Waals surface area (Å²) in [5.74, 6) is -0.0244. The van der Waals surface area contributed by atoms with Crippen LogP contribution >= 0.6 is 0 Å². The Morgan fingerprint density at radius 1 is 1.32 bits per heavy atom. The molecule has 6 heteroatoms. The van der Waals surface area contributed by atoms with E-state index in [0.717, 1.165) is 42.1 Å². The smallest absolute Gasteiger partial charge is 0.238 e. The SMILES string of the molecule is Cc1nn(-c2ccccc2)c(C)c1NC(=O)CN(CCCO)C1CC1. The zero-order valence-corrected chi connectivity index (χ0v) is 14.9. The number of aromatic nitrogens is 2. The maximum absolute atomic E-state index is 12.5. The van der Waals surface area contributed by atoms with Crippen molar-refractivity contribution in [2.45, 2.75) is 39.2 Å². The number of aliphatic hydroxyl groups excluding tert-OH is 1. The van der Waals surface area contributed by atoms with E-state index < -0.39 is 0 Å². The third kappa shape index (κ3) is 4.27. The topological polar surface area (TPSA) is 70.4 Å². The number of nitrogens with one attached hydrogen (secondary N) is 1. The van der Waals surface area contributed by atoms with E-state index in [-0.39, 0.29) is 12.5 Å². The minimum absolute atomic E-state index is 0.0244. The first-order valence-corrected chi connectivity index (χ1v) is 8.86. The molecule has 0 saturated heterocycles. The van der Waals surface area contributed by atoms with Gasteiger partial charge in [0.05, 0.1) is 29.3 Å². The third-order valence-electron chi connectivity index (χ3n) is 4.57. The van der Waals surface area contributed by atoms with Crippen molar-refractivity contribution in [1.82, 2.24) is 14.7 Å². The summed E-state index contributed by atoms with van der Waals surface area (Å²) >= 11 is 0. The lowest BCUT2D eigenvalue weighted by Crippen LogP contribution is -2.36. The van der Waals surface area contributed by atoms with E-state index in [0.29, 0.717) is 19.0 Å². The Balaban J connectivity index is 1.70. The molecule has 0 spiro atoms. The van der Waals surface area contributed by atoms with E-state index in [2.05, 4.69) is 15.3 Å². The molecule has 0 aliphatic heterocycles. The zero-order valence-electron chi connectivity index (χ0n) is 14.9. The number of hydrogen-bond donors (Lipinski definition) is 2. The van der Waals surface area contributed by atoms with Crippen molar-refractivity contribution in [2.24, 2.45) is 0 Å². The molecule has 1 saturated carbocycles. The van der Waals surface area contributed by atoms with Crippen molar-refractivity contribution in [3.63, 3.8) is 0 Å². The maximum atomic E-state index is 12.5. The number of benzene rings is 1. The summed E-state index contributed by atoms with van der Waals surface area (Å²) < 4.78 is 1.86. The van der Waals surface area contributed by atoms with Crippen LogP contribution in [0.2, 0.25) is 0 Å². The summed E-state index contributed by atoms with van der Waals surface area (Å²) in [5, 5.41) is 16.6. The Hall–Kier alpha value is -2.18. The molecule has 134 valence electrons. The first kappa shape index (κ1) is 17.6. The van der Waals surface area contributed by atoms with Crippen LogP contribution in [-0.2, 0) is 4.79 Å². The summed E-state index contributed by atoms with van der Waals surface area (Å²) in [7, 11) is 0. The van der Waals surface area contributed by atoms with Gasteiger partial charge in [0.1, 0.15) is 0 Å². The number of nitrogens with zero attached hydrogens (tertiary/aromatic N) is 3. The van der Waals surface area contributed by atoms with Gasteiger partial charge in [0, 0.05) is 19.2 Å². The van der Waals surface area contributed by atoms with Crippen LogP contribution in [-0.4, -0.2) is 51.4 Å². The van der Waals surface area contributed by atoms with Gasteiger partial charge in [-0.3, -0.25) is 9.69 Å². The van der Waals surface area contributed by atoms with Crippen molar-refractivity contribution in [3.05, 3.63) is 41.7 Å². The van der Waals surface area contributed by atoms with Crippen molar-refractivity contribution in [2.75, 3.05) is 25.0 Å². The number of carbonyl (C=O) groups is 1. The van der Waals surface area contributed by atoms with E-state index in [1.54, 1.807) is 0 Å². The molecule has 0 radical (unpaired) electrons. The molecule has 1 aromatic carbocycles. The van der Waals surface area contributed by atoms with Crippen LogP contribution in [0, 0.1) is 13.8 Å². The predicted molar refractivity (Wildman–Crippen MR) is 98.0 cm³/mol. The lowest BCUT2D eigenvalue weighted by Gasteiger charge is -2.20. The summed E-state index contributed by atoms with van der Waals surface area (Å²) in [6.45, 7) is 5.16. The van der Waals surface area contributed by atoms with Gasteiger partial charge in [0.25, 0.3) is 0 Å². The standard InChI is InChI=1S/C19H26N4O2/c1-14-19(15(2)23(21-14)17-7-4-3-5-8-17)20-18(25)13-22(11-6-12-24)16-9-10-16/h3-5,7-8,16,24H,6,9-13H2,1-2H3,(H,20,25). The molecule has 2 N–H and O–H groups in total. The number of aliphatic hydroxyl groups is 1. The molecule has 0 bridgehead atoms. The number of anilines is 1. The molecule has 3 rings (SSSR count). The molecule has 6 nitrogen and oxygen atoms in total. The number of rotatable bonds is 8. The molecule has 25 heavy (non-hydrogen) atoms. The average Bonchev–Trinajstić information content (AvgIpc) is 3.42. The highest BCUT2D eigenvalue weighted by atomic mass is 16.3. The highest BCUT2D eigenvalue weighted by Crippen LogP contribution is 2.27. The molecule has 0 atom stereocenters. The number of amides is 1. The van der Waals surface area contributed by atoms with Crippen LogP contribution in [0.4, 0.5) is 5.69 Å². The number of aryl methyl sites for hydroxylation is 1. The minimum atomic E-state index is -0.0244. The Bertz CT molecular complexity index is 723. The molecule has 2 aromatic rings. The Kier molecular flexibility index (Phi) is 5.50. The van der Waals surface area contributed by atoms with Gasteiger partial charge in [-0.2, -0.15) is 5.10 Å². The fourth-order valence-corrected chi connectivity index (χ4v) is 3.11. The van der Waals surface area contributed by atoms with Crippen LogP contribution in [0.5, 0.6) is 0 Å². The molecule has 0 unspecified atom stereocenters. The van der Waals surface area contributed by atoms with Crippen molar-refractivity contribution in [1.29, 1.82) is 0 Å². The van der Waals surface area contributed by atoms with Crippen LogP contribution in [0.25, 0.3) is 5.69 Å². The van der Waals surface area contributed by atoms with Gasteiger partial charge in [0.15, 0.2) is 0 Å². The van der Waals surface area contributed by atoms with Gasteiger partial charge >= 0.3 is 0 Å². The van der Waals surface area contributed by atoms with E-state index in [4.69, 9.17) is 5.11 Å². The fourth-order valence-electron chi connectivity index (χ4n) is 3.11. The summed E-state index contributed by atoms with van der Waals surface area (Å²) in [4.78, 5) is 14.7. The first-order valence-electron chi connectivity index (χ1n) is 8.86. The minimum Gasteiger partial charge on any atom is -0.396 e. The van der Waals surface area contributed by atoms with Gasteiger partial charge in [-0.1, -0.05) is 18.2 Å². The van der Waals surface area contributed by atoms with Gasteiger partial charge in [-0.05, 0) is 45.2 Å². The molecule has 1 aliphatic rings. The lowest BCUT2D eigenvalue weighted by molar-refractivity contribution is -0.117. The van der Waals surface area contributed by atoms with E-state index in [9.17, 15) is 4.79 Å². The Labute approximate surface area is 148 Å². The van der Waals surface area contributed by atoms with Gasteiger partial charge in [-0.25, -0.2) is 4.68 Å². The number of hydrogen-bond acceptors (Lipinski definition) is 4. The highest BCUT2D eigenvalue weighted by molar-refractivity contribution is 5.93. The predicted octanol–water partition coefficient (Wildman–Crippen LogP) is 2.27. The van der Waals surface area contributed by atoms with Crippen LogP contribution in [0.3, 0.4) is 0 Å². The van der Waals surface area contributed by atoms with Gasteiger partial charge in [-0.15, -0.1) is 0 Å². The van der Waals surface area contributed by atoms with E-state index >= 15 is 0 Å². The molecule has 1 aliphatic carbocycles. The molecular formula is C19H26N4O2. The normalized spacial score (nSPS) is 14.1. The zero-order chi connectivity index (χ0) is 17.8. The second-order valence-electron chi connectivity index (χ2n) is 6.62. The van der Waals surface area contributed by atoms with Crippen LogP contribution in [0.1, 0.15) is 30.7 Å². The van der Waals surface area contributed by atoms with Crippen molar-refractivity contribution >= 4 is 11.6 Å². The average molecular weight is 342 g/mol. The van der Waals surface area contributed by atoms with Crippen LogP contribution in [0.15, 0.2) is 30.3 Å². The fraction of sp³-hybridized carbons (Fsp3) is 0.474. The van der Waals surface area contributed by atoms with Crippen molar-refractivity contribution in [3.8, 4) is 5.69 Å². The summed E-state index contributed by atoms with van der Waals surface area (Å²) in [6, 6.07) is 10.4. The van der Waals surface area contributed by atoms with Crippen LogP contribution < -0.4 is 5.32 Å². The largest absolute Gasteiger partial charge is 0.396 e. The molecular weight excluding hydrogens is 316 g/mol. The maximum Gasteiger partial charge on any atom is 0.238 e. The van der Waals surface area contributed by atoms with Crippen molar-refractivity contribution < 1.29 is 9.90 Å². The monoisotopic (exact) mass is 342 g/mol. The van der Waals surface area contributed by atoms with E-state index in [1.807, 2.05) is 48.9 Å². The Morgan fingerprint density at radius 3 is 2.68 bits per heavy atom. The molecule has 1 amide bonds. The molecule has 1 aromatic heterocycles. The first-order chi connectivity index (χ1) is 12.1. The van der Waals surface area contributed by atoms with E-state index in [1.165, 1.54) is 0 Å². The Morgan fingerprint density at radius 2 is 2.04 bits per heavy atom. The number of carbonyl (C=O) groups excluding carboxylic acids is 1. The van der Waals surface area contributed by atoms with Gasteiger partial charge < -0.3 is 10.4 Å². The number of para-hydroxylation sites is 1. The third-order valence-corrected chi connectivity index (χ3v) is 4.57. The highest BCUT2D eigenvalue weighted by Gasteiger charge is 2.30. The lowest BCUT2D eigenvalue weighted by atomic mass is 10.3. The summed E-state index contributed by atoms with van der Waals surface area (Å²) in [6.07, 6.45) is 2.99. The molecule has 1 fully saturated rings. The van der Waals surface area contributed by atoms with Gasteiger partial charge in [0.2, 0.25) is 5.91 Å².